The highest BCUT2D eigenvalue weighted by Gasteiger charge is 2.08. The minimum Gasteiger partial charge on any atom is -0.481 e. The van der Waals surface area contributed by atoms with Gasteiger partial charge in [0.05, 0.1) is 0 Å². The molecule has 0 spiro atoms. The van der Waals surface area contributed by atoms with Crippen LogP contribution in [0.25, 0.3) is 0 Å². The average molecular weight is 421 g/mol. The van der Waals surface area contributed by atoms with Gasteiger partial charge in [0.25, 0.3) is 0 Å². The molecule has 0 aliphatic carbocycles. The van der Waals surface area contributed by atoms with Gasteiger partial charge >= 0.3 is 11.9 Å². The Balaban J connectivity index is 3.90. The zero-order valence-corrected chi connectivity index (χ0v) is 19.1. The highest BCUT2D eigenvalue weighted by molar-refractivity contribution is 5.66. The fourth-order valence-electron chi connectivity index (χ4n) is 3.63. The van der Waals surface area contributed by atoms with Crippen molar-refractivity contribution >= 4 is 11.9 Å². The van der Waals surface area contributed by atoms with Crippen molar-refractivity contribution < 1.29 is 19.8 Å². The summed E-state index contributed by atoms with van der Waals surface area (Å²) < 4.78 is 0. The van der Waals surface area contributed by atoms with E-state index in [1.54, 1.807) is 0 Å². The van der Waals surface area contributed by atoms with Crippen molar-refractivity contribution in [2.45, 2.75) is 110 Å². The largest absolute Gasteiger partial charge is 0.481 e. The molecule has 0 rings (SSSR count). The summed E-state index contributed by atoms with van der Waals surface area (Å²) in [7, 11) is 0. The van der Waals surface area contributed by atoms with E-state index in [-0.39, 0.29) is 0 Å². The third-order valence-electron chi connectivity index (χ3n) is 5.54. The lowest BCUT2D eigenvalue weighted by atomic mass is 9.90. The quantitative estimate of drug-likeness (QED) is 0.113. The van der Waals surface area contributed by atoms with Crippen molar-refractivity contribution in [2.75, 3.05) is 0 Å². The normalized spacial score (nSPS) is 12.9. The summed E-state index contributed by atoms with van der Waals surface area (Å²) in [6.45, 7) is 6.13. The van der Waals surface area contributed by atoms with Gasteiger partial charge in [-0.05, 0) is 51.4 Å². The molecular weight excluding hydrogens is 376 g/mol. The third-order valence-corrected chi connectivity index (χ3v) is 5.54. The number of hydrogen-bond donors (Lipinski definition) is 2. The Bertz CT molecular complexity index is 519. The number of hydrogen-bond acceptors (Lipinski definition) is 2. The van der Waals surface area contributed by atoms with Crippen molar-refractivity contribution in [1.82, 2.24) is 0 Å². The number of carbonyl (C=O) groups is 2. The molecule has 4 heteroatoms. The van der Waals surface area contributed by atoms with Gasteiger partial charge in [-0.1, -0.05) is 81.2 Å². The minimum absolute atomic E-state index is 0.294. The van der Waals surface area contributed by atoms with E-state index in [1.807, 2.05) is 6.08 Å². The Morgan fingerprint density at radius 3 is 1.83 bits per heavy atom. The number of unbranched alkanes of at least 4 members (excludes halogenated alkanes) is 10. The van der Waals surface area contributed by atoms with Crippen LogP contribution in [0, 0.1) is 5.92 Å². The molecule has 1 atom stereocenters. The Morgan fingerprint density at radius 1 is 0.800 bits per heavy atom. The molecule has 0 saturated heterocycles. The van der Waals surface area contributed by atoms with Crippen LogP contribution >= 0.6 is 0 Å². The van der Waals surface area contributed by atoms with Gasteiger partial charge in [-0.3, -0.25) is 9.59 Å². The molecule has 0 aliphatic rings. The molecular formula is C26H44O4. The lowest BCUT2D eigenvalue weighted by molar-refractivity contribution is -0.138. The number of carboxylic acid groups (broad SMARTS) is 2. The lowest BCUT2D eigenvalue weighted by Crippen LogP contribution is -2.01. The summed E-state index contributed by atoms with van der Waals surface area (Å²) in [6.07, 6.45) is 24.4. The molecule has 2 N–H and O–H groups in total. The van der Waals surface area contributed by atoms with E-state index in [9.17, 15) is 9.59 Å². The molecule has 0 saturated carbocycles. The monoisotopic (exact) mass is 420 g/mol. The van der Waals surface area contributed by atoms with Gasteiger partial charge in [0.2, 0.25) is 0 Å². The minimum atomic E-state index is -0.692. The Morgan fingerprint density at radius 2 is 1.30 bits per heavy atom. The van der Waals surface area contributed by atoms with Crippen LogP contribution in [0.1, 0.15) is 110 Å². The Kier molecular flexibility index (Phi) is 19.2. The lowest BCUT2D eigenvalue weighted by Gasteiger charge is -2.15. The number of carboxylic acids is 2. The molecule has 4 nitrogen and oxygen atoms in total. The zero-order valence-electron chi connectivity index (χ0n) is 19.1. The van der Waals surface area contributed by atoms with E-state index >= 15 is 0 Å². The molecule has 0 bridgehead atoms. The number of rotatable bonds is 21. The summed E-state index contributed by atoms with van der Waals surface area (Å²) in [6, 6.07) is 0. The predicted molar refractivity (Wildman–Crippen MR) is 126 cm³/mol. The van der Waals surface area contributed by atoms with E-state index in [0.29, 0.717) is 18.8 Å². The van der Waals surface area contributed by atoms with E-state index in [2.05, 4.69) is 31.7 Å². The number of allylic oxidation sites excluding steroid dienone is 5. The van der Waals surface area contributed by atoms with Gasteiger partial charge in [-0.15, -0.1) is 6.58 Å². The Hall–Kier alpha value is -1.84. The maximum atomic E-state index is 10.5. The van der Waals surface area contributed by atoms with Crippen molar-refractivity contribution in [1.29, 1.82) is 0 Å². The maximum absolute atomic E-state index is 10.5. The molecule has 0 aromatic carbocycles. The highest BCUT2D eigenvalue weighted by Crippen LogP contribution is 2.23. The van der Waals surface area contributed by atoms with Gasteiger partial charge < -0.3 is 10.2 Å². The molecule has 1 unspecified atom stereocenters. The van der Waals surface area contributed by atoms with Crippen LogP contribution in [0.5, 0.6) is 0 Å². The van der Waals surface area contributed by atoms with Crippen LogP contribution < -0.4 is 0 Å². The Labute approximate surface area is 184 Å². The van der Waals surface area contributed by atoms with Crippen LogP contribution in [0.2, 0.25) is 0 Å². The summed E-state index contributed by atoms with van der Waals surface area (Å²) in [5, 5.41) is 17.3. The van der Waals surface area contributed by atoms with Crippen LogP contribution in [-0.2, 0) is 9.59 Å². The first-order valence-corrected chi connectivity index (χ1v) is 11.8. The summed E-state index contributed by atoms with van der Waals surface area (Å²) in [5.41, 5.74) is 1.42. The second-order valence-electron chi connectivity index (χ2n) is 8.31. The molecule has 30 heavy (non-hydrogen) atoms. The molecule has 0 aromatic rings. The fraction of sp³-hybridized carbons (Fsp3) is 0.692. The van der Waals surface area contributed by atoms with Gasteiger partial charge in [-0.2, -0.15) is 0 Å². The van der Waals surface area contributed by atoms with Crippen LogP contribution in [-0.4, -0.2) is 22.2 Å². The molecule has 0 radical (unpaired) electrons. The van der Waals surface area contributed by atoms with Gasteiger partial charge in [0.1, 0.15) is 0 Å². The molecule has 0 heterocycles. The van der Waals surface area contributed by atoms with E-state index in [0.717, 1.165) is 51.4 Å². The van der Waals surface area contributed by atoms with Crippen molar-refractivity contribution in [3.63, 3.8) is 0 Å². The smallest absolute Gasteiger partial charge is 0.303 e. The van der Waals surface area contributed by atoms with E-state index in [4.69, 9.17) is 10.2 Å². The summed E-state index contributed by atoms with van der Waals surface area (Å²) in [4.78, 5) is 20.9. The second kappa shape index (κ2) is 20.4. The van der Waals surface area contributed by atoms with Crippen molar-refractivity contribution in [3.05, 3.63) is 36.5 Å². The van der Waals surface area contributed by atoms with Crippen LogP contribution in [0.3, 0.4) is 0 Å². The van der Waals surface area contributed by atoms with Crippen molar-refractivity contribution in [2.24, 2.45) is 5.92 Å². The summed E-state index contributed by atoms with van der Waals surface area (Å²) in [5.74, 6) is -0.817. The fourth-order valence-corrected chi connectivity index (χ4v) is 3.63. The van der Waals surface area contributed by atoms with Crippen molar-refractivity contribution in [3.8, 4) is 0 Å². The standard InChI is InChI=1S/C26H44O4/c1-3-18-24(20-15-11-8-9-13-17-22-26(29)30)23(2)19-14-10-6-4-5-7-12-16-21-25(27)28/h3,10,14,19,24H,1,4-9,11-13,15-18,20-22H2,2H3,(H,27,28)(H,29,30). The SMILES string of the molecule is C=CCC(CCCCCCCCC(=O)O)C(C)=CC=CCCCCCCCC(=O)O. The van der Waals surface area contributed by atoms with E-state index < -0.39 is 11.9 Å². The molecule has 0 aromatic heterocycles. The zero-order chi connectivity index (χ0) is 22.5. The van der Waals surface area contributed by atoms with Gasteiger partial charge in [-0.25, -0.2) is 0 Å². The molecule has 0 fully saturated rings. The first kappa shape index (κ1) is 28.2. The second-order valence-corrected chi connectivity index (χ2v) is 8.31. The van der Waals surface area contributed by atoms with Crippen LogP contribution in [0.15, 0.2) is 36.5 Å². The highest BCUT2D eigenvalue weighted by atomic mass is 16.4. The van der Waals surface area contributed by atoms with Gasteiger partial charge in [0.15, 0.2) is 0 Å². The maximum Gasteiger partial charge on any atom is 0.303 e. The van der Waals surface area contributed by atoms with Gasteiger partial charge in [0, 0.05) is 12.8 Å². The topological polar surface area (TPSA) is 74.6 Å². The molecule has 0 aliphatic heterocycles. The average Bonchev–Trinajstić information content (AvgIpc) is 2.69. The first-order valence-electron chi connectivity index (χ1n) is 11.8. The molecule has 172 valence electrons. The summed E-state index contributed by atoms with van der Waals surface area (Å²) >= 11 is 0. The number of aliphatic carboxylic acids is 2. The molecule has 0 amide bonds. The van der Waals surface area contributed by atoms with E-state index in [1.165, 1.54) is 44.1 Å². The first-order chi connectivity index (χ1) is 14.5. The predicted octanol–water partition coefficient (Wildman–Crippen LogP) is 7.70. The third kappa shape index (κ3) is 19.5. The van der Waals surface area contributed by atoms with Crippen LogP contribution in [0.4, 0.5) is 0 Å².